The van der Waals surface area contributed by atoms with E-state index < -0.39 is 0 Å². The summed E-state index contributed by atoms with van der Waals surface area (Å²) in [5.41, 5.74) is 0. The van der Waals surface area contributed by atoms with Crippen molar-refractivity contribution < 1.29 is 40.0 Å². The van der Waals surface area contributed by atoms with Gasteiger partial charge in [-0.15, -0.1) is 0 Å². The molecule has 0 aliphatic rings. The third kappa shape index (κ3) is 3.52. The molecule has 0 unspecified atom stereocenters. The van der Waals surface area contributed by atoms with Crippen LogP contribution in [0.5, 0.6) is 0 Å². The summed E-state index contributed by atoms with van der Waals surface area (Å²) >= 11 is 1.22. The molecule has 0 heterocycles. The van der Waals surface area contributed by atoms with Crippen LogP contribution in [0.4, 0.5) is 0 Å². The van der Waals surface area contributed by atoms with Crippen LogP contribution in [0.2, 0.25) is 0 Å². The molecule has 0 amide bonds. The summed E-state index contributed by atoms with van der Waals surface area (Å²) in [5, 5.41) is 0. The van der Waals surface area contributed by atoms with E-state index in [4.69, 9.17) is 0 Å². The van der Waals surface area contributed by atoms with Crippen LogP contribution in [-0.2, 0) is 0 Å². The molecule has 6 heavy (non-hydrogen) atoms. The Bertz CT molecular complexity index is 26.7. The van der Waals surface area contributed by atoms with Crippen LogP contribution in [0.15, 0.2) is 0 Å². The molecule has 0 N–H and O–H groups in total. The second kappa shape index (κ2) is 4.49. The van der Waals surface area contributed by atoms with Gasteiger partial charge in [0.2, 0.25) is 0 Å². The number of rotatable bonds is 2. The molecule has 0 aromatic heterocycles. The van der Waals surface area contributed by atoms with Crippen molar-refractivity contribution in [2.45, 2.75) is 13.8 Å². The summed E-state index contributed by atoms with van der Waals surface area (Å²) in [6, 6.07) is 0. The molecule has 0 aliphatic carbocycles. The summed E-state index contributed by atoms with van der Waals surface area (Å²) in [6.07, 6.45) is 0. The van der Waals surface area contributed by atoms with Crippen molar-refractivity contribution in [3.05, 3.63) is 0 Å². The first-order valence-electron chi connectivity index (χ1n) is 2.27. The summed E-state index contributed by atoms with van der Waals surface area (Å²) < 4.78 is 2.39. The van der Waals surface area contributed by atoms with Crippen molar-refractivity contribution in [1.82, 2.24) is 0.863 Å². The van der Waals surface area contributed by atoms with Crippen molar-refractivity contribution in [3.63, 3.8) is 0 Å². The fourth-order valence-electron chi connectivity index (χ4n) is 0.224. The van der Waals surface area contributed by atoms with Gasteiger partial charge in [0, 0.05) is 0 Å². The molecular formula is C4H10CeN. The van der Waals surface area contributed by atoms with E-state index in [2.05, 4.69) is 14.7 Å². The fourth-order valence-corrected chi connectivity index (χ4v) is 0.224. The van der Waals surface area contributed by atoms with Crippen molar-refractivity contribution in [2.24, 2.45) is 0 Å². The first kappa shape index (κ1) is 7.34. The molecule has 0 spiro atoms. The Hall–Kier alpha value is 1.34. The van der Waals surface area contributed by atoms with Gasteiger partial charge in [0.25, 0.3) is 0 Å². The van der Waals surface area contributed by atoms with Crippen LogP contribution in [0.1, 0.15) is 13.8 Å². The molecule has 0 rings (SSSR count). The van der Waals surface area contributed by atoms with Gasteiger partial charge in [0.15, 0.2) is 0 Å². The molecule has 0 saturated carbocycles. The van der Waals surface area contributed by atoms with E-state index in [-0.39, 0.29) is 0 Å². The molecule has 0 aromatic carbocycles. The van der Waals surface area contributed by atoms with Crippen LogP contribution in [0, 0.1) is 40.0 Å². The molecule has 0 aromatic rings. The number of nitrogens with zero attached hydrogens (tertiary/aromatic N) is 1. The normalized spacial score (nSPS) is 9.67. The molecule has 0 saturated heterocycles. The quantitative estimate of drug-likeness (QED) is 0.654. The maximum absolute atomic E-state index is 2.39. The molecule has 0 radical (unpaired) electrons. The SMILES string of the molecule is CC[N]([Ce])CC. The van der Waals surface area contributed by atoms with E-state index >= 15 is 0 Å². The Labute approximate surface area is 67.1 Å². The van der Waals surface area contributed by atoms with Crippen molar-refractivity contribution in [3.8, 4) is 0 Å². The molecule has 1 nitrogen and oxygen atoms in total. The third-order valence-corrected chi connectivity index (χ3v) is 2.75. The van der Waals surface area contributed by atoms with Gasteiger partial charge in [-0.2, -0.15) is 0 Å². The second-order valence-corrected chi connectivity index (χ2v) is 3.16. The minimum absolute atomic E-state index is 1.22. The Kier molecular flexibility index (Phi) is 5.50. The Balaban J connectivity index is 2.75. The fraction of sp³-hybridized carbons (Fsp3) is 1.00. The van der Waals surface area contributed by atoms with Gasteiger partial charge in [-0.3, -0.25) is 0 Å². The molecule has 0 fully saturated rings. The van der Waals surface area contributed by atoms with Crippen LogP contribution in [-0.4, -0.2) is 14.0 Å². The van der Waals surface area contributed by atoms with Gasteiger partial charge < -0.3 is 0 Å². The number of hydrogen-bond donors (Lipinski definition) is 0. The van der Waals surface area contributed by atoms with E-state index in [0.717, 1.165) is 0 Å². The molecule has 2 heteroatoms. The predicted octanol–water partition coefficient (Wildman–Crippen LogP) is 0.792. The van der Waals surface area contributed by atoms with Gasteiger partial charge in [-0.25, -0.2) is 0 Å². The predicted molar refractivity (Wildman–Crippen MR) is 22.9 cm³/mol. The minimum atomic E-state index is 1.22. The van der Waals surface area contributed by atoms with Crippen molar-refractivity contribution >= 4 is 0 Å². The Morgan fingerprint density at radius 3 is 1.67 bits per heavy atom. The average Bonchev–Trinajstić information content (AvgIpc) is 1.65. The van der Waals surface area contributed by atoms with E-state index in [1.807, 2.05) is 0 Å². The summed E-state index contributed by atoms with van der Waals surface area (Å²) in [4.78, 5) is 0. The van der Waals surface area contributed by atoms with Gasteiger partial charge >= 0.3 is 67.8 Å². The van der Waals surface area contributed by atoms with E-state index in [0.29, 0.717) is 0 Å². The van der Waals surface area contributed by atoms with Crippen molar-refractivity contribution in [2.75, 3.05) is 13.1 Å². The molecule has 0 aliphatic heterocycles. The van der Waals surface area contributed by atoms with E-state index in [1.54, 1.807) is 0 Å². The molecule has 0 atom stereocenters. The summed E-state index contributed by atoms with van der Waals surface area (Å²) in [6.45, 7) is 6.83. The Morgan fingerprint density at radius 1 is 1.33 bits per heavy atom. The molecule has 0 bridgehead atoms. The zero-order valence-corrected chi connectivity index (χ0v) is 7.50. The van der Waals surface area contributed by atoms with Gasteiger partial charge in [0.05, 0.1) is 0 Å². The molecular weight excluding hydrogens is 202 g/mol. The first-order valence-corrected chi connectivity index (χ1v) is 3.67. The van der Waals surface area contributed by atoms with Crippen molar-refractivity contribution in [1.29, 1.82) is 0 Å². The summed E-state index contributed by atoms with van der Waals surface area (Å²) in [7, 11) is 0. The topological polar surface area (TPSA) is 3.24 Å². The average molecular weight is 212 g/mol. The van der Waals surface area contributed by atoms with Crippen LogP contribution in [0.3, 0.4) is 0 Å². The Morgan fingerprint density at radius 2 is 1.67 bits per heavy atom. The van der Waals surface area contributed by atoms with Gasteiger partial charge in [-0.1, -0.05) is 0 Å². The maximum atomic E-state index is 2.39. The number of hydrogen-bond acceptors (Lipinski definition) is 1. The monoisotopic (exact) mass is 212 g/mol. The zero-order chi connectivity index (χ0) is 4.99. The first-order chi connectivity index (χ1) is 2.81. The summed E-state index contributed by atoms with van der Waals surface area (Å²) in [5.74, 6) is 0. The van der Waals surface area contributed by atoms with Crippen LogP contribution in [0.25, 0.3) is 0 Å². The van der Waals surface area contributed by atoms with E-state index in [1.165, 1.54) is 53.1 Å². The second-order valence-electron chi connectivity index (χ2n) is 1.17. The standard InChI is InChI=1S/C4H10N.Ce/c1-3-5-4-2;/h3-4H2,1-2H3;/q-1;+1. The van der Waals surface area contributed by atoms with Gasteiger partial charge in [-0.05, 0) is 0 Å². The zero-order valence-electron chi connectivity index (χ0n) is 4.36. The molecule has 35 valence electrons. The van der Waals surface area contributed by atoms with E-state index in [9.17, 15) is 0 Å². The van der Waals surface area contributed by atoms with Gasteiger partial charge in [0.1, 0.15) is 0 Å². The third-order valence-electron chi connectivity index (χ3n) is 0.763. The van der Waals surface area contributed by atoms with Crippen LogP contribution >= 0.6 is 0 Å². The van der Waals surface area contributed by atoms with Crippen LogP contribution < -0.4 is 0 Å².